The van der Waals surface area contributed by atoms with Crippen LogP contribution in [0.1, 0.15) is 24.4 Å². The first-order chi connectivity index (χ1) is 12.6. The number of carboxylic acids is 1. The highest BCUT2D eigenvalue weighted by molar-refractivity contribution is 5.97. The standard InChI is InChI=1S/C16H19F3N2O6/c1-26-11-4-3-9(5-12(11)27-2)10(6-15(24)25)21-14(23)7-13(22)20-8-16(17,18)19/h3-5,10H,6-8H2,1-2H3,(H,20,22)(H,21,23)(H,24,25). The molecule has 0 saturated heterocycles. The summed E-state index contributed by atoms with van der Waals surface area (Å²) < 4.78 is 46.4. The molecule has 0 bridgehead atoms. The molecule has 0 heterocycles. The van der Waals surface area contributed by atoms with Gasteiger partial charge in [0, 0.05) is 0 Å². The van der Waals surface area contributed by atoms with E-state index >= 15 is 0 Å². The van der Waals surface area contributed by atoms with Crippen molar-refractivity contribution in [2.24, 2.45) is 0 Å². The number of nitrogens with one attached hydrogen (secondary N) is 2. The summed E-state index contributed by atoms with van der Waals surface area (Å²) in [5, 5.41) is 12.9. The quantitative estimate of drug-likeness (QED) is 0.548. The summed E-state index contributed by atoms with van der Waals surface area (Å²) in [6.45, 7) is -1.56. The molecule has 0 aliphatic heterocycles. The zero-order chi connectivity index (χ0) is 20.6. The van der Waals surface area contributed by atoms with Gasteiger partial charge in [-0.05, 0) is 17.7 Å². The molecule has 0 radical (unpaired) electrons. The SMILES string of the molecule is COc1ccc(C(CC(=O)O)NC(=O)CC(=O)NCC(F)(F)F)cc1OC. The first-order valence-corrected chi connectivity index (χ1v) is 7.62. The molecule has 1 aromatic rings. The molecule has 2 amide bonds. The maximum absolute atomic E-state index is 12.1. The number of methoxy groups -OCH3 is 2. The Kier molecular flexibility index (Phi) is 7.88. The van der Waals surface area contributed by atoms with Crippen molar-refractivity contribution in [3.05, 3.63) is 23.8 Å². The van der Waals surface area contributed by atoms with E-state index in [0.29, 0.717) is 17.1 Å². The zero-order valence-corrected chi connectivity index (χ0v) is 14.6. The lowest BCUT2D eigenvalue weighted by atomic mass is 10.0. The summed E-state index contributed by atoms with van der Waals surface area (Å²) in [7, 11) is 2.78. The van der Waals surface area contributed by atoms with Gasteiger partial charge >= 0.3 is 12.1 Å². The molecular weight excluding hydrogens is 373 g/mol. The summed E-state index contributed by atoms with van der Waals surface area (Å²) >= 11 is 0. The van der Waals surface area contributed by atoms with E-state index in [2.05, 4.69) is 5.32 Å². The van der Waals surface area contributed by atoms with Crippen LogP contribution in [0.5, 0.6) is 11.5 Å². The van der Waals surface area contributed by atoms with E-state index in [9.17, 15) is 27.6 Å². The molecular formula is C16H19F3N2O6. The molecule has 0 spiro atoms. The molecule has 0 fully saturated rings. The van der Waals surface area contributed by atoms with E-state index in [1.54, 1.807) is 5.32 Å². The van der Waals surface area contributed by atoms with Gasteiger partial charge in [-0.3, -0.25) is 14.4 Å². The Balaban J connectivity index is 2.84. The number of aliphatic carboxylic acids is 1. The summed E-state index contributed by atoms with van der Waals surface area (Å²) in [6, 6.07) is 3.44. The summed E-state index contributed by atoms with van der Waals surface area (Å²) in [4.78, 5) is 34.4. The number of amides is 2. The number of ether oxygens (including phenoxy) is 2. The zero-order valence-electron chi connectivity index (χ0n) is 14.6. The van der Waals surface area contributed by atoms with Crippen LogP contribution in [0.3, 0.4) is 0 Å². The Morgan fingerprint density at radius 2 is 1.74 bits per heavy atom. The van der Waals surface area contributed by atoms with Gasteiger partial charge < -0.3 is 25.2 Å². The van der Waals surface area contributed by atoms with Gasteiger partial charge in [-0.15, -0.1) is 0 Å². The van der Waals surface area contributed by atoms with Crippen LogP contribution < -0.4 is 20.1 Å². The Morgan fingerprint density at radius 1 is 1.11 bits per heavy atom. The van der Waals surface area contributed by atoms with Crippen LogP contribution in [0, 0.1) is 0 Å². The lowest BCUT2D eigenvalue weighted by Crippen LogP contribution is -2.38. The third-order valence-electron chi connectivity index (χ3n) is 3.33. The molecule has 27 heavy (non-hydrogen) atoms. The van der Waals surface area contributed by atoms with Crippen molar-refractivity contribution in [3.63, 3.8) is 0 Å². The average Bonchev–Trinajstić information content (AvgIpc) is 2.57. The fourth-order valence-corrected chi connectivity index (χ4v) is 2.15. The maximum atomic E-state index is 12.1. The van der Waals surface area contributed by atoms with Crippen LogP contribution >= 0.6 is 0 Å². The third kappa shape index (κ3) is 7.84. The van der Waals surface area contributed by atoms with E-state index in [-0.39, 0.29) is 0 Å². The fraction of sp³-hybridized carbons (Fsp3) is 0.438. The minimum Gasteiger partial charge on any atom is -0.493 e. The van der Waals surface area contributed by atoms with Gasteiger partial charge in [-0.25, -0.2) is 0 Å². The van der Waals surface area contributed by atoms with Gasteiger partial charge in [-0.2, -0.15) is 13.2 Å². The fourth-order valence-electron chi connectivity index (χ4n) is 2.15. The molecule has 8 nitrogen and oxygen atoms in total. The average molecular weight is 392 g/mol. The van der Waals surface area contributed by atoms with E-state index in [0.717, 1.165) is 0 Å². The second-order valence-corrected chi connectivity index (χ2v) is 5.40. The maximum Gasteiger partial charge on any atom is 0.405 e. The van der Waals surface area contributed by atoms with Gasteiger partial charge in [0.05, 0.1) is 26.7 Å². The molecule has 0 aliphatic carbocycles. The molecule has 0 saturated carbocycles. The first kappa shape index (κ1) is 22.1. The third-order valence-corrected chi connectivity index (χ3v) is 3.33. The second kappa shape index (κ2) is 9.64. The van der Waals surface area contributed by atoms with Crippen LogP contribution in [0.4, 0.5) is 13.2 Å². The largest absolute Gasteiger partial charge is 0.493 e. The summed E-state index contributed by atoms with van der Waals surface area (Å²) in [5.74, 6) is -2.60. The van der Waals surface area contributed by atoms with Crippen molar-refractivity contribution >= 4 is 17.8 Å². The summed E-state index contributed by atoms with van der Waals surface area (Å²) in [6.07, 6.45) is -5.98. The molecule has 3 N–H and O–H groups in total. The van der Waals surface area contributed by atoms with Crippen molar-refractivity contribution in [3.8, 4) is 11.5 Å². The smallest absolute Gasteiger partial charge is 0.405 e. The van der Waals surface area contributed by atoms with Gasteiger partial charge in [0.1, 0.15) is 13.0 Å². The number of benzene rings is 1. The minimum absolute atomic E-state index is 0.294. The lowest BCUT2D eigenvalue weighted by molar-refractivity contribution is -0.141. The van der Waals surface area contributed by atoms with Crippen LogP contribution in [0.25, 0.3) is 0 Å². The number of carboxylic acid groups (broad SMARTS) is 1. The molecule has 0 aliphatic rings. The minimum atomic E-state index is -4.60. The number of rotatable bonds is 9. The molecule has 11 heteroatoms. The molecule has 1 aromatic carbocycles. The molecule has 1 atom stereocenters. The van der Waals surface area contributed by atoms with Gasteiger partial charge in [-0.1, -0.05) is 6.07 Å². The van der Waals surface area contributed by atoms with Crippen LogP contribution in [-0.4, -0.2) is 49.8 Å². The van der Waals surface area contributed by atoms with Crippen LogP contribution in [0.15, 0.2) is 18.2 Å². The predicted octanol–water partition coefficient (Wildman–Crippen LogP) is 1.40. The van der Waals surface area contributed by atoms with Gasteiger partial charge in [0.15, 0.2) is 11.5 Å². The molecule has 150 valence electrons. The van der Waals surface area contributed by atoms with Crippen molar-refractivity contribution < 1.29 is 42.1 Å². The van der Waals surface area contributed by atoms with Crippen molar-refractivity contribution in [1.82, 2.24) is 10.6 Å². The van der Waals surface area contributed by atoms with Crippen molar-refractivity contribution in [2.45, 2.75) is 25.1 Å². The first-order valence-electron chi connectivity index (χ1n) is 7.62. The Morgan fingerprint density at radius 3 is 2.26 bits per heavy atom. The number of carbonyl (C=O) groups excluding carboxylic acids is 2. The second-order valence-electron chi connectivity index (χ2n) is 5.40. The number of hydrogen-bond acceptors (Lipinski definition) is 5. The topological polar surface area (TPSA) is 114 Å². The molecule has 0 aromatic heterocycles. The number of hydrogen-bond donors (Lipinski definition) is 3. The highest BCUT2D eigenvalue weighted by atomic mass is 19.4. The Hall–Kier alpha value is -2.98. The Labute approximate surface area is 152 Å². The highest BCUT2D eigenvalue weighted by Gasteiger charge is 2.28. The molecule has 1 unspecified atom stereocenters. The van der Waals surface area contributed by atoms with Crippen LogP contribution in [-0.2, 0) is 14.4 Å². The van der Waals surface area contributed by atoms with Crippen molar-refractivity contribution in [1.29, 1.82) is 0 Å². The van der Waals surface area contributed by atoms with Gasteiger partial charge in [0.2, 0.25) is 11.8 Å². The molecule has 1 rings (SSSR count). The monoisotopic (exact) mass is 392 g/mol. The summed E-state index contributed by atoms with van der Waals surface area (Å²) in [5.41, 5.74) is 0.360. The van der Waals surface area contributed by atoms with E-state index in [1.165, 1.54) is 32.4 Å². The van der Waals surface area contributed by atoms with Crippen molar-refractivity contribution in [2.75, 3.05) is 20.8 Å². The van der Waals surface area contributed by atoms with E-state index < -0.39 is 49.4 Å². The van der Waals surface area contributed by atoms with Gasteiger partial charge in [0.25, 0.3) is 0 Å². The van der Waals surface area contributed by atoms with Crippen LogP contribution in [0.2, 0.25) is 0 Å². The van der Waals surface area contributed by atoms with E-state index in [1.807, 2.05) is 0 Å². The normalized spacial score (nSPS) is 12.0. The predicted molar refractivity (Wildman–Crippen MR) is 86.4 cm³/mol. The Bertz CT molecular complexity index is 693. The lowest BCUT2D eigenvalue weighted by Gasteiger charge is -2.19. The number of carbonyl (C=O) groups is 3. The highest BCUT2D eigenvalue weighted by Crippen LogP contribution is 2.31. The van der Waals surface area contributed by atoms with E-state index in [4.69, 9.17) is 14.6 Å². The number of alkyl halides is 3. The number of halogens is 3.